The van der Waals surface area contributed by atoms with Gasteiger partial charge >= 0.3 is 0 Å². The Hall–Kier alpha value is -3.43. The van der Waals surface area contributed by atoms with Crippen LogP contribution in [0.4, 0.5) is 13.2 Å². The molecule has 3 aromatic carbocycles. The van der Waals surface area contributed by atoms with E-state index in [-0.39, 0.29) is 29.1 Å². The van der Waals surface area contributed by atoms with Gasteiger partial charge in [0.25, 0.3) is 5.91 Å². The fraction of sp³-hybridized carbons (Fsp3) is 0.167. The molecule has 0 radical (unpaired) electrons. The first-order valence-electron chi connectivity index (χ1n) is 10.5. The van der Waals surface area contributed by atoms with Gasteiger partial charge in [-0.05, 0) is 53.6 Å². The zero-order valence-electron chi connectivity index (χ0n) is 18.0. The van der Waals surface area contributed by atoms with Crippen molar-refractivity contribution in [2.75, 3.05) is 0 Å². The number of azo groups is 1. The first-order chi connectivity index (χ1) is 16.8. The Morgan fingerprint density at radius 1 is 1.00 bits per heavy atom. The van der Waals surface area contributed by atoms with E-state index in [1.54, 1.807) is 12.1 Å². The number of aliphatic imine (C=N–C) groups is 1. The Morgan fingerprint density at radius 3 is 2.57 bits per heavy atom. The number of benzene rings is 3. The van der Waals surface area contributed by atoms with Crippen molar-refractivity contribution in [2.24, 2.45) is 15.2 Å². The van der Waals surface area contributed by atoms with E-state index < -0.39 is 29.5 Å². The fourth-order valence-corrected chi connectivity index (χ4v) is 3.81. The van der Waals surface area contributed by atoms with Crippen molar-refractivity contribution in [1.82, 2.24) is 10.6 Å². The number of nitrogens with one attached hydrogen (secondary N) is 2. The molecule has 1 aliphatic rings. The second-order valence-corrected chi connectivity index (χ2v) is 8.52. The van der Waals surface area contributed by atoms with Gasteiger partial charge in [-0.3, -0.25) is 10.1 Å². The number of hydrogen-bond donors (Lipinski definition) is 2. The molecule has 6 nitrogen and oxygen atoms in total. The molecule has 2 N–H and O–H groups in total. The number of carbonyl (C=O) groups excluding carboxylic acids is 1. The molecule has 0 saturated carbocycles. The van der Waals surface area contributed by atoms with Gasteiger partial charge in [-0.15, -0.1) is 0 Å². The summed E-state index contributed by atoms with van der Waals surface area (Å²) in [4.78, 5) is 17.0. The van der Waals surface area contributed by atoms with Crippen LogP contribution in [0.15, 0.2) is 75.9 Å². The third kappa shape index (κ3) is 6.37. The van der Waals surface area contributed by atoms with Crippen molar-refractivity contribution in [3.05, 3.63) is 105 Å². The number of nitrogens with zero attached hydrogens (tertiary/aromatic N) is 3. The standard InChI is InChI=1S/C24H18Cl2F3N5O/c25-16-3-1-2-13(8-16)21-11-22(34-33-21)31-24(30-12-15-4-6-17(27)10-18(15)26)32-23(35)14-5-7-19(28)20(29)9-14/h1-10,21-22H,11-12H2,(H2,30,31,32,35). The maximum absolute atomic E-state index is 13.6. The van der Waals surface area contributed by atoms with E-state index in [0.717, 1.165) is 29.8 Å². The van der Waals surface area contributed by atoms with Gasteiger partial charge in [0.15, 0.2) is 17.6 Å². The molecule has 0 saturated heterocycles. The molecule has 3 aromatic rings. The lowest BCUT2D eigenvalue weighted by Crippen LogP contribution is -2.45. The van der Waals surface area contributed by atoms with Gasteiger partial charge in [-0.2, -0.15) is 10.2 Å². The van der Waals surface area contributed by atoms with Crippen LogP contribution in [0.3, 0.4) is 0 Å². The molecule has 2 unspecified atom stereocenters. The normalized spacial score (nSPS) is 17.5. The monoisotopic (exact) mass is 519 g/mol. The first-order valence-corrected chi connectivity index (χ1v) is 11.2. The number of amides is 1. The SMILES string of the molecule is O=C(NC(=NCc1ccc(F)cc1Cl)NC1CC(c2cccc(Cl)c2)N=N1)c1ccc(F)c(F)c1. The Balaban J connectivity index is 1.52. The summed E-state index contributed by atoms with van der Waals surface area (Å²) in [7, 11) is 0. The minimum absolute atomic E-state index is 0.00108. The maximum atomic E-state index is 13.6. The number of halogens is 5. The molecule has 4 rings (SSSR count). The Bertz CT molecular complexity index is 1320. The molecule has 0 bridgehead atoms. The lowest BCUT2D eigenvalue weighted by molar-refractivity contribution is 0.0975. The minimum Gasteiger partial charge on any atom is -0.333 e. The molecular formula is C24H18Cl2F3N5O. The van der Waals surface area contributed by atoms with E-state index in [4.69, 9.17) is 23.2 Å². The molecule has 1 aliphatic heterocycles. The largest absolute Gasteiger partial charge is 0.333 e. The van der Waals surface area contributed by atoms with Gasteiger partial charge in [-0.1, -0.05) is 41.4 Å². The van der Waals surface area contributed by atoms with Crippen LogP contribution in [0.1, 0.15) is 33.9 Å². The molecule has 180 valence electrons. The topological polar surface area (TPSA) is 78.2 Å². The number of carbonyl (C=O) groups is 1. The predicted octanol–water partition coefficient (Wildman–Crippen LogP) is 6.21. The highest BCUT2D eigenvalue weighted by molar-refractivity contribution is 6.31. The quantitative estimate of drug-likeness (QED) is 0.310. The first kappa shape index (κ1) is 24.7. The third-order valence-electron chi connectivity index (χ3n) is 5.17. The van der Waals surface area contributed by atoms with E-state index in [1.165, 1.54) is 12.1 Å². The van der Waals surface area contributed by atoms with E-state index in [1.807, 2.05) is 12.1 Å². The van der Waals surface area contributed by atoms with Gasteiger partial charge in [0.2, 0.25) is 0 Å². The van der Waals surface area contributed by atoms with Gasteiger partial charge in [0.1, 0.15) is 12.0 Å². The van der Waals surface area contributed by atoms with Crippen molar-refractivity contribution in [1.29, 1.82) is 0 Å². The van der Waals surface area contributed by atoms with Crippen LogP contribution in [0, 0.1) is 17.5 Å². The molecule has 0 aliphatic carbocycles. The van der Waals surface area contributed by atoms with Gasteiger partial charge in [0.05, 0.1) is 12.6 Å². The highest BCUT2D eigenvalue weighted by Crippen LogP contribution is 2.30. The lowest BCUT2D eigenvalue weighted by atomic mass is 10.0. The molecule has 35 heavy (non-hydrogen) atoms. The Morgan fingerprint density at radius 2 is 1.83 bits per heavy atom. The summed E-state index contributed by atoms with van der Waals surface area (Å²) >= 11 is 12.1. The zero-order chi connectivity index (χ0) is 24.9. The van der Waals surface area contributed by atoms with Crippen LogP contribution in [-0.2, 0) is 6.54 Å². The highest BCUT2D eigenvalue weighted by Gasteiger charge is 2.25. The summed E-state index contributed by atoms with van der Waals surface area (Å²) in [6.45, 7) is 0.00108. The molecular weight excluding hydrogens is 502 g/mol. The van der Waals surface area contributed by atoms with E-state index in [2.05, 4.69) is 25.9 Å². The molecule has 11 heteroatoms. The number of guanidine groups is 1. The fourth-order valence-electron chi connectivity index (χ4n) is 3.38. The van der Waals surface area contributed by atoms with Gasteiger partial charge in [0, 0.05) is 22.0 Å². The minimum atomic E-state index is -1.16. The average molecular weight is 520 g/mol. The Labute approximate surface area is 208 Å². The number of hydrogen-bond acceptors (Lipinski definition) is 4. The smallest absolute Gasteiger partial charge is 0.258 e. The lowest BCUT2D eigenvalue weighted by Gasteiger charge is -2.16. The second kappa shape index (κ2) is 10.9. The zero-order valence-corrected chi connectivity index (χ0v) is 19.5. The van der Waals surface area contributed by atoms with Crippen molar-refractivity contribution in [3.63, 3.8) is 0 Å². The summed E-state index contributed by atoms with van der Waals surface area (Å²) < 4.78 is 40.2. The highest BCUT2D eigenvalue weighted by atomic mass is 35.5. The molecule has 0 fully saturated rings. The molecule has 0 aromatic heterocycles. The molecule has 1 amide bonds. The van der Waals surface area contributed by atoms with Crippen LogP contribution < -0.4 is 10.6 Å². The molecule has 0 spiro atoms. The Kier molecular flexibility index (Phi) is 7.67. The summed E-state index contributed by atoms with van der Waals surface area (Å²) in [6.07, 6.45) is -0.0794. The van der Waals surface area contributed by atoms with Crippen molar-refractivity contribution in [2.45, 2.75) is 25.2 Å². The van der Waals surface area contributed by atoms with Gasteiger partial charge in [-0.25, -0.2) is 18.2 Å². The van der Waals surface area contributed by atoms with Crippen LogP contribution >= 0.6 is 23.2 Å². The summed E-state index contributed by atoms with van der Waals surface area (Å²) in [6, 6.07) is 13.6. The molecule has 2 atom stereocenters. The summed E-state index contributed by atoms with van der Waals surface area (Å²) in [5.74, 6) is -3.43. The van der Waals surface area contributed by atoms with Crippen molar-refractivity contribution < 1.29 is 18.0 Å². The third-order valence-corrected chi connectivity index (χ3v) is 5.75. The van der Waals surface area contributed by atoms with Crippen LogP contribution in [-0.4, -0.2) is 18.0 Å². The maximum Gasteiger partial charge on any atom is 0.258 e. The van der Waals surface area contributed by atoms with Crippen LogP contribution in [0.2, 0.25) is 10.0 Å². The predicted molar refractivity (Wildman–Crippen MR) is 127 cm³/mol. The van der Waals surface area contributed by atoms with Crippen molar-refractivity contribution >= 4 is 35.1 Å². The summed E-state index contributed by atoms with van der Waals surface area (Å²) in [5, 5.41) is 14.8. The van der Waals surface area contributed by atoms with Crippen LogP contribution in [0.5, 0.6) is 0 Å². The van der Waals surface area contributed by atoms with Crippen LogP contribution in [0.25, 0.3) is 0 Å². The van der Waals surface area contributed by atoms with E-state index in [0.29, 0.717) is 17.0 Å². The molecule has 1 heterocycles. The summed E-state index contributed by atoms with van der Waals surface area (Å²) in [5.41, 5.74) is 1.29. The average Bonchev–Trinajstić information content (AvgIpc) is 3.28. The van der Waals surface area contributed by atoms with E-state index >= 15 is 0 Å². The second-order valence-electron chi connectivity index (χ2n) is 7.68. The van der Waals surface area contributed by atoms with Gasteiger partial charge < -0.3 is 5.32 Å². The number of rotatable bonds is 5. The van der Waals surface area contributed by atoms with Crippen molar-refractivity contribution in [3.8, 4) is 0 Å². The van der Waals surface area contributed by atoms with E-state index in [9.17, 15) is 18.0 Å².